The van der Waals surface area contributed by atoms with Crippen LogP contribution in [0.25, 0.3) is 10.6 Å². The molecule has 0 unspecified atom stereocenters. The Labute approximate surface area is 181 Å². The van der Waals surface area contributed by atoms with E-state index >= 15 is 0 Å². The first-order chi connectivity index (χ1) is 14.5. The molecule has 2 heterocycles. The van der Waals surface area contributed by atoms with Crippen molar-refractivity contribution in [2.24, 2.45) is 0 Å². The third kappa shape index (κ3) is 3.92. The molecule has 4 rings (SSSR count). The number of thiazole rings is 1. The minimum Gasteiger partial charge on any atom is -0.493 e. The molecule has 1 amide bonds. The van der Waals surface area contributed by atoms with Crippen molar-refractivity contribution in [2.75, 3.05) is 25.7 Å². The predicted molar refractivity (Wildman–Crippen MR) is 121 cm³/mol. The third-order valence-electron chi connectivity index (χ3n) is 5.51. The van der Waals surface area contributed by atoms with Crippen molar-refractivity contribution in [1.29, 1.82) is 0 Å². The Kier molecular flexibility index (Phi) is 5.77. The van der Waals surface area contributed by atoms with E-state index in [4.69, 9.17) is 14.5 Å². The summed E-state index contributed by atoms with van der Waals surface area (Å²) in [5, 5.41) is 2.83. The number of aryl methyl sites for hydroxylation is 2. The molecule has 0 N–H and O–H groups in total. The van der Waals surface area contributed by atoms with Crippen LogP contribution >= 0.6 is 11.3 Å². The van der Waals surface area contributed by atoms with E-state index in [1.54, 1.807) is 14.2 Å². The zero-order valence-electron chi connectivity index (χ0n) is 17.8. The number of aromatic nitrogens is 1. The Hall–Kier alpha value is -2.86. The molecule has 1 aliphatic heterocycles. The lowest BCUT2D eigenvalue weighted by molar-refractivity contribution is -0.118. The van der Waals surface area contributed by atoms with Gasteiger partial charge in [0, 0.05) is 23.2 Å². The van der Waals surface area contributed by atoms with Crippen molar-refractivity contribution in [3.05, 3.63) is 58.1 Å². The number of hydrogen-bond acceptors (Lipinski definition) is 5. The maximum Gasteiger partial charge on any atom is 0.233 e. The second kappa shape index (κ2) is 8.48. The number of nitrogens with zero attached hydrogens (tertiary/aromatic N) is 2. The zero-order chi connectivity index (χ0) is 21.3. The number of anilines is 1. The Balaban J connectivity index is 1.55. The minimum absolute atomic E-state index is 0.102. The molecule has 0 atom stereocenters. The fourth-order valence-corrected chi connectivity index (χ4v) is 4.89. The van der Waals surface area contributed by atoms with Gasteiger partial charge in [0.2, 0.25) is 5.91 Å². The molecular weight excluding hydrogens is 396 g/mol. The summed E-state index contributed by atoms with van der Waals surface area (Å²) in [5.41, 5.74) is 6.57. The van der Waals surface area contributed by atoms with E-state index in [9.17, 15) is 4.79 Å². The largest absolute Gasteiger partial charge is 0.493 e. The van der Waals surface area contributed by atoms with E-state index in [2.05, 4.69) is 26.0 Å². The van der Waals surface area contributed by atoms with Gasteiger partial charge in [-0.15, -0.1) is 11.3 Å². The van der Waals surface area contributed by atoms with Crippen LogP contribution in [0, 0.1) is 13.8 Å². The van der Waals surface area contributed by atoms with Crippen molar-refractivity contribution >= 4 is 22.9 Å². The van der Waals surface area contributed by atoms with Crippen molar-refractivity contribution in [2.45, 2.75) is 33.1 Å². The standard InChI is InChI=1S/C24H26N2O3S/c1-15-10-16(2)19-6-5-9-26(20(19)11-15)23(27)13-18-14-30-24(25-18)17-7-8-21(28-3)22(12-17)29-4/h7-8,10-12,14H,5-6,9,13H2,1-4H3. The van der Waals surface area contributed by atoms with E-state index in [0.717, 1.165) is 41.3 Å². The number of methoxy groups -OCH3 is 2. The Bertz CT molecular complexity index is 1090. The van der Waals surface area contributed by atoms with E-state index in [1.165, 1.54) is 28.0 Å². The van der Waals surface area contributed by atoms with Crippen LogP contribution in [-0.4, -0.2) is 31.7 Å². The second-order valence-electron chi connectivity index (χ2n) is 7.62. The molecule has 30 heavy (non-hydrogen) atoms. The van der Waals surface area contributed by atoms with Crippen LogP contribution < -0.4 is 14.4 Å². The number of ether oxygens (including phenoxy) is 2. The predicted octanol–water partition coefficient (Wildman–Crippen LogP) is 4.97. The highest BCUT2D eigenvalue weighted by Crippen LogP contribution is 2.34. The van der Waals surface area contributed by atoms with Gasteiger partial charge in [-0.1, -0.05) is 6.07 Å². The van der Waals surface area contributed by atoms with Crippen LogP contribution in [0.15, 0.2) is 35.7 Å². The smallest absolute Gasteiger partial charge is 0.233 e. The summed E-state index contributed by atoms with van der Waals surface area (Å²) in [6.45, 7) is 4.98. The van der Waals surface area contributed by atoms with Gasteiger partial charge in [0.1, 0.15) is 5.01 Å². The number of rotatable bonds is 5. The van der Waals surface area contributed by atoms with Gasteiger partial charge in [-0.3, -0.25) is 4.79 Å². The topological polar surface area (TPSA) is 51.7 Å². The van der Waals surface area contributed by atoms with Crippen molar-refractivity contribution in [3.63, 3.8) is 0 Å². The van der Waals surface area contributed by atoms with Gasteiger partial charge in [-0.25, -0.2) is 4.98 Å². The number of fused-ring (bicyclic) bond motifs is 1. The summed E-state index contributed by atoms with van der Waals surface area (Å²) in [7, 11) is 3.24. The fourth-order valence-electron chi connectivity index (χ4n) is 4.07. The maximum absolute atomic E-state index is 13.1. The molecule has 1 aromatic heterocycles. The first kappa shape index (κ1) is 20.4. The van der Waals surface area contributed by atoms with Crippen molar-refractivity contribution in [1.82, 2.24) is 4.98 Å². The zero-order valence-corrected chi connectivity index (χ0v) is 18.6. The normalized spacial score (nSPS) is 13.1. The molecule has 0 fully saturated rings. The molecule has 0 saturated heterocycles. The molecule has 0 bridgehead atoms. The lowest BCUT2D eigenvalue weighted by atomic mass is 9.95. The van der Waals surface area contributed by atoms with Crippen LogP contribution in [0.3, 0.4) is 0 Å². The van der Waals surface area contributed by atoms with Crippen LogP contribution in [0.5, 0.6) is 11.5 Å². The fraction of sp³-hybridized carbons (Fsp3) is 0.333. The number of carbonyl (C=O) groups is 1. The average Bonchev–Trinajstić information content (AvgIpc) is 3.21. The highest BCUT2D eigenvalue weighted by molar-refractivity contribution is 7.13. The summed E-state index contributed by atoms with van der Waals surface area (Å²) in [5.74, 6) is 1.45. The van der Waals surface area contributed by atoms with E-state index in [0.29, 0.717) is 17.9 Å². The van der Waals surface area contributed by atoms with Gasteiger partial charge >= 0.3 is 0 Å². The summed E-state index contributed by atoms with van der Waals surface area (Å²) in [6, 6.07) is 10.1. The van der Waals surface area contributed by atoms with Crippen LogP contribution in [0.2, 0.25) is 0 Å². The Morgan fingerprint density at radius 2 is 1.93 bits per heavy atom. The van der Waals surface area contributed by atoms with Crippen LogP contribution in [-0.2, 0) is 17.6 Å². The van der Waals surface area contributed by atoms with Crippen molar-refractivity contribution in [3.8, 4) is 22.1 Å². The minimum atomic E-state index is 0.102. The SMILES string of the molecule is COc1ccc(-c2nc(CC(=O)N3CCCc4c(C)cc(C)cc43)cs2)cc1OC. The molecular formula is C24H26N2O3S. The molecule has 156 valence electrons. The number of amides is 1. The van der Waals surface area contributed by atoms with Gasteiger partial charge in [-0.2, -0.15) is 0 Å². The summed E-state index contributed by atoms with van der Waals surface area (Å²) >= 11 is 1.54. The molecule has 5 nitrogen and oxygen atoms in total. The lowest BCUT2D eigenvalue weighted by Gasteiger charge is -2.31. The quantitative estimate of drug-likeness (QED) is 0.583. The van der Waals surface area contributed by atoms with Gasteiger partial charge < -0.3 is 14.4 Å². The molecule has 0 aliphatic carbocycles. The van der Waals surface area contributed by atoms with Crippen LogP contribution in [0.4, 0.5) is 5.69 Å². The average molecular weight is 423 g/mol. The summed E-state index contributed by atoms with van der Waals surface area (Å²) in [6.07, 6.45) is 2.33. The molecule has 2 aromatic carbocycles. The first-order valence-electron chi connectivity index (χ1n) is 10.1. The van der Waals surface area contributed by atoms with E-state index in [1.807, 2.05) is 28.5 Å². The van der Waals surface area contributed by atoms with Gasteiger partial charge in [-0.05, 0) is 67.6 Å². The molecule has 3 aromatic rings. The van der Waals surface area contributed by atoms with Crippen molar-refractivity contribution < 1.29 is 14.3 Å². The number of benzene rings is 2. The van der Waals surface area contributed by atoms with E-state index < -0.39 is 0 Å². The maximum atomic E-state index is 13.1. The summed E-state index contributed by atoms with van der Waals surface area (Å²) in [4.78, 5) is 19.8. The number of carbonyl (C=O) groups excluding carboxylic acids is 1. The molecule has 6 heteroatoms. The first-order valence-corrected chi connectivity index (χ1v) is 11.0. The lowest BCUT2D eigenvalue weighted by Crippen LogP contribution is -2.37. The highest BCUT2D eigenvalue weighted by atomic mass is 32.1. The Morgan fingerprint density at radius 1 is 1.13 bits per heavy atom. The third-order valence-corrected chi connectivity index (χ3v) is 6.45. The molecule has 0 radical (unpaired) electrons. The summed E-state index contributed by atoms with van der Waals surface area (Å²) < 4.78 is 10.7. The molecule has 0 saturated carbocycles. The van der Waals surface area contributed by atoms with Crippen LogP contribution in [0.1, 0.15) is 28.8 Å². The number of hydrogen-bond donors (Lipinski definition) is 0. The second-order valence-corrected chi connectivity index (χ2v) is 8.48. The van der Waals surface area contributed by atoms with E-state index in [-0.39, 0.29) is 5.91 Å². The monoisotopic (exact) mass is 422 g/mol. The molecule has 0 spiro atoms. The van der Waals surface area contributed by atoms with Gasteiger partial charge in [0.05, 0.1) is 26.3 Å². The van der Waals surface area contributed by atoms with Gasteiger partial charge in [0.25, 0.3) is 0 Å². The molecule has 1 aliphatic rings. The van der Waals surface area contributed by atoms with Gasteiger partial charge in [0.15, 0.2) is 11.5 Å². The Morgan fingerprint density at radius 3 is 2.70 bits per heavy atom. The highest BCUT2D eigenvalue weighted by Gasteiger charge is 2.24.